The molecule has 0 aliphatic carbocycles. The number of rotatable bonds is 8. The van der Waals surface area contributed by atoms with Crippen LogP contribution in [0.5, 0.6) is 11.5 Å². The maximum Gasteiger partial charge on any atom is 0.573 e. The summed E-state index contributed by atoms with van der Waals surface area (Å²) < 4.78 is 93.5. The Bertz CT molecular complexity index is 2590. The highest BCUT2D eigenvalue weighted by molar-refractivity contribution is 5.84. The van der Waals surface area contributed by atoms with Crippen LogP contribution in [0.1, 0.15) is 12.8 Å². The van der Waals surface area contributed by atoms with Crippen molar-refractivity contribution in [3.63, 3.8) is 0 Å². The topological polar surface area (TPSA) is 199 Å². The quantitative estimate of drug-likeness (QED) is 0.144. The average Bonchev–Trinajstić information content (AvgIpc) is 3.98. The number of aliphatic hydroxyl groups is 2. The first-order chi connectivity index (χ1) is 28.8. The van der Waals surface area contributed by atoms with Crippen molar-refractivity contribution in [3.05, 3.63) is 106 Å². The van der Waals surface area contributed by atoms with Gasteiger partial charge in [0.2, 0.25) is 5.91 Å². The third-order valence-electron chi connectivity index (χ3n) is 9.31. The molecule has 2 saturated heterocycles. The Morgan fingerprint density at radius 2 is 1.13 bits per heavy atom. The third kappa shape index (κ3) is 11.8. The van der Waals surface area contributed by atoms with Crippen LogP contribution in [0.2, 0.25) is 0 Å². The standard InChI is InChI=1S/C20H17F3N2O5.C16H10F3NO5.C4H9NO/c21-20(22,23)30-15-4-1-12(2-5-15)13-3-6-17-16(9-13)25(19(28)29-17)11-18(27)24-8-7-14(26)10-24;17-16(18,19)25-11-4-1-9(2-5-11)10-3-6-13-12(7-10)20(8-14(21)22)15(23)24-13;6-4-1-2-5-3-4/h1-6,9,14,26H,7-8,10-11H2;1-7H,8H2,(H,21,22);4-6H,1-3H2/t14-;;4-/m1.1/s1. The molecule has 15 nitrogen and oxygen atoms in total. The van der Waals surface area contributed by atoms with Gasteiger partial charge in [0.1, 0.15) is 24.6 Å². The molecule has 2 aliphatic heterocycles. The van der Waals surface area contributed by atoms with Crippen LogP contribution in [0, 0.1) is 0 Å². The first-order valence-corrected chi connectivity index (χ1v) is 18.4. The zero-order valence-electron chi connectivity index (χ0n) is 31.6. The molecule has 6 aromatic rings. The van der Waals surface area contributed by atoms with Gasteiger partial charge in [0, 0.05) is 19.6 Å². The van der Waals surface area contributed by atoms with Crippen molar-refractivity contribution in [3.8, 4) is 33.8 Å². The highest BCUT2D eigenvalue weighted by Gasteiger charge is 2.32. The summed E-state index contributed by atoms with van der Waals surface area (Å²) in [6, 6.07) is 19.9. The number of carbonyl (C=O) groups is 2. The fourth-order valence-electron chi connectivity index (χ4n) is 6.46. The van der Waals surface area contributed by atoms with E-state index in [2.05, 4.69) is 14.8 Å². The molecule has 0 bridgehead atoms. The van der Waals surface area contributed by atoms with Crippen LogP contribution in [0.3, 0.4) is 0 Å². The number of nitrogens with zero attached hydrogens (tertiary/aromatic N) is 3. The SMILES string of the molecule is O=C(Cn1c(=O)oc2ccc(-c3ccc(OC(F)(F)F)cc3)cc21)N1CC[C@@H](O)C1.O=C(O)Cn1c(=O)oc2ccc(-c3ccc(OC(F)(F)F)cc3)cc21.O[C@@H]1CCNC1. The Morgan fingerprint density at radius 3 is 1.49 bits per heavy atom. The second-order valence-corrected chi connectivity index (χ2v) is 13.7. The van der Waals surface area contributed by atoms with Gasteiger partial charge in [0.15, 0.2) is 11.2 Å². The van der Waals surface area contributed by atoms with Crippen molar-refractivity contribution >= 4 is 34.1 Å². The lowest BCUT2D eigenvalue weighted by Crippen LogP contribution is -2.34. The number of halogens is 6. The summed E-state index contributed by atoms with van der Waals surface area (Å²) in [6.45, 7) is 1.62. The largest absolute Gasteiger partial charge is 0.573 e. The fourth-order valence-corrected chi connectivity index (χ4v) is 6.46. The normalized spacial score (nSPS) is 16.5. The van der Waals surface area contributed by atoms with E-state index in [-0.39, 0.29) is 53.3 Å². The van der Waals surface area contributed by atoms with E-state index >= 15 is 0 Å². The van der Waals surface area contributed by atoms with Gasteiger partial charge in [-0.25, -0.2) is 9.59 Å². The summed E-state index contributed by atoms with van der Waals surface area (Å²) in [5, 5.41) is 30.2. The van der Waals surface area contributed by atoms with Gasteiger partial charge >= 0.3 is 30.2 Å². The Balaban J connectivity index is 0.000000181. The summed E-state index contributed by atoms with van der Waals surface area (Å²) >= 11 is 0. The molecule has 324 valence electrons. The molecule has 1 amide bonds. The number of amides is 1. The summed E-state index contributed by atoms with van der Waals surface area (Å²) in [6.07, 6.45) is -8.76. The number of aliphatic carboxylic acids is 1. The highest BCUT2D eigenvalue weighted by Crippen LogP contribution is 2.30. The average molecular weight is 863 g/mol. The third-order valence-corrected chi connectivity index (χ3v) is 9.31. The van der Waals surface area contributed by atoms with E-state index in [1.165, 1.54) is 58.0 Å². The maximum atomic E-state index is 12.5. The molecule has 0 unspecified atom stereocenters. The van der Waals surface area contributed by atoms with Gasteiger partial charge in [0.25, 0.3) is 0 Å². The monoisotopic (exact) mass is 862 g/mol. The van der Waals surface area contributed by atoms with Crippen molar-refractivity contribution in [2.24, 2.45) is 0 Å². The minimum absolute atomic E-state index is 0.0648. The summed E-state index contributed by atoms with van der Waals surface area (Å²) in [5.41, 5.74) is 3.53. The zero-order chi connectivity index (χ0) is 44.1. The van der Waals surface area contributed by atoms with Gasteiger partial charge in [-0.15, -0.1) is 26.3 Å². The van der Waals surface area contributed by atoms with E-state index < -0.39 is 42.9 Å². The molecule has 2 aliphatic rings. The van der Waals surface area contributed by atoms with Crippen LogP contribution in [-0.4, -0.2) is 92.3 Å². The van der Waals surface area contributed by atoms with Crippen LogP contribution >= 0.6 is 0 Å². The molecule has 4 heterocycles. The lowest BCUT2D eigenvalue weighted by atomic mass is 10.1. The van der Waals surface area contributed by atoms with Gasteiger partial charge in [-0.05, 0) is 90.2 Å². The predicted molar refractivity (Wildman–Crippen MR) is 204 cm³/mol. The first kappa shape index (κ1) is 44.0. The van der Waals surface area contributed by atoms with E-state index in [1.807, 2.05) is 0 Å². The number of carboxylic acids is 1. The number of hydrogen-bond acceptors (Lipinski definition) is 11. The summed E-state index contributed by atoms with van der Waals surface area (Å²) in [4.78, 5) is 48.8. The van der Waals surface area contributed by atoms with Crippen molar-refractivity contribution in [2.45, 2.75) is 50.9 Å². The minimum atomic E-state index is -4.77. The molecule has 2 aromatic heterocycles. The van der Waals surface area contributed by atoms with Gasteiger partial charge in [0.05, 0.1) is 23.2 Å². The van der Waals surface area contributed by atoms with Crippen molar-refractivity contribution in [1.29, 1.82) is 0 Å². The highest BCUT2D eigenvalue weighted by atomic mass is 19.4. The van der Waals surface area contributed by atoms with E-state index in [0.29, 0.717) is 40.7 Å². The van der Waals surface area contributed by atoms with Crippen LogP contribution < -0.4 is 26.3 Å². The van der Waals surface area contributed by atoms with Gasteiger partial charge in [-0.2, -0.15) is 0 Å². The Hall–Kier alpha value is -6.58. The second-order valence-electron chi connectivity index (χ2n) is 13.7. The molecule has 21 heteroatoms. The number of β-amino-alcohol motifs (C(OH)–C–C–N with tert-alkyl or cyclic N) is 2. The molecule has 4 aromatic carbocycles. The van der Waals surface area contributed by atoms with Crippen molar-refractivity contribution < 1.29 is 69.6 Å². The lowest BCUT2D eigenvalue weighted by molar-refractivity contribution is -0.275. The van der Waals surface area contributed by atoms with Crippen LogP contribution in [0.25, 0.3) is 44.5 Å². The number of aromatic nitrogens is 2. The number of oxazole rings is 2. The number of benzene rings is 4. The zero-order valence-corrected chi connectivity index (χ0v) is 31.6. The maximum absolute atomic E-state index is 12.5. The van der Waals surface area contributed by atoms with Gasteiger partial charge in [-0.3, -0.25) is 18.7 Å². The number of alkyl halides is 6. The number of carboxylic acid groups (broad SMARTS) is 1. The number of hydrogen-bond donors (Lipinski definition) is 4. The predicted octanol–water partition coefficient (Wildman–Crippen LogP) is 5.34. The van der Waals surface area contributed by atoms with Crippen LogP contribution in [0.15, 0.2) is 103 Å². The lowest BCUT2D eigenvalue weighted by Gasteiger charge is -2.15. The molecule has 2 atom stereocenters. The molecule has 2 fully saturated rings. The van der Waals surface area contributed by atoms with Crippen molar-refractivity contribution in [1.82, 2.24) is 19.4 Å². The summed E-state index contributed by atoms with van der Waals surface area (Å²) in [5.74, 6) is -3.71. The molecule has 4 N–H and O–H groups in total. The molecule has 0 saturated carbocycles. The van der Waals surface area contributed by atoms with E-state index in [1.54, 1.807) is 24.3 Å². The number of ether oxygens (including phenoxy) is 2. The molecule has 61 heavy (non-hydrogen) atoms. The van der Waals surface area contributed by atoms with Gasteiger partial charge < -0.3 is 43.8 Å². The van der Waals surface area contributed by atoms with E-state index in [9.17, 15) is 50.6 Å². The van der Waals surface area contributed by atoms with Crippen LogP contribution in [0.4, 0.5) is 26.3 Å². The number of carbonyl (C=O) groups excluding carboxylic acids is 1. The minimum Gasteiger partial charge on any atom is -0.480 e. The number of likely N-dealkylation sites (tertiary alicyclic amines) is 1. The van der Waals surface area contributed by atoms with Crippen molar-refractivity contribution in [2.75, 3.05) is 26.2 Å². The second kappa shape index (κ2) is 18.4. The fraction of sp³-hybridized carbons (Fsp3) is 0.300. The molecule has 0 spiro atoms. The smallest absolute Gasteiger partial charge is 0.480 e. The molecular formula is C40H36F6N4O11. The Labute approximate surface area is 339 Å². The summed E-state index contributed by atoms with van der Waals surface area (Å²) in [7, 11) is 0. The van der Waals surface area contributed by atoms with E-state index in [4.69, 9.17) is 19.0 Å². The molecule has 0 radical (unpaired) electrons. The molecule has 8 rings (SSSR count). The number of nitrogens with one attached hydrogen (secondary N) is 1. The molecular weight excluding hydrogens is 826 g/mol. The number of aliphatic hydroxyl groups excluding tert-OH is 2. The van der Waals surface area contributed by atoms with E-state index in [0.717, 1.165) is 36.2 Å². The Morgan fingerprint density at radius 1 is 0.672 bits per heavy atom. The first-order valence-electron chi connectivity index (χ1n) is 18.4. The van der Waals surface area contributed by atoms with Crippen LogP contribution in [-0.2, 0) is 22.7 Å². The van der Waals surface area contributed by atoms with Gasteiger partial charge in [-0.1, -0.05) is 36.4 Å². The number of fused-ring (bicyclic) bond motifs is 2. The Kier molecular flexibility index (Phi) is 13.2.